The molecule has 94 valence electrons. The molecule has 1 atom stereocenters. The van der Waals surface area contributed by atoms with E-state index < -0.39 is 12.0 Å². The first-order chi connectivity index (χ1) is 8.65. The number of nitrogens with one attached hydrogen (secondary N) is 1. The number of benzene rings is 1. The number of imidazole rings is 1. The van der Waals surface area contributed by atoms with Crippen molar-refractivity contribution in [2.75, 3.05) is 5.43 Å². The Kier molecular flexibility index (Phi) is 3.47. The van der Waals surface area contributed by atoms with E-state index in [4.69, 9.17) is 10.2 Å². The van der Waals surface area contributed by atoms with Crippen LogP contribution in [-0.2, 0) is 11.2 Å². The van der Waals surface area contributed by atoms with Gasteiger partial charge in [0.05, 0.1) is 0 Å². The van der Waals surface area contributed by atoms with Crippen molar-refractivity contribution in [2.45, 2.75) is 12.5 Å². The van der Waals surface area contributed by atoms with Crippen LogP contribution >= 0.6 is 0 Å². The minimum Gasteiger partial charge on any atom is -0.508 e. The van der Waals surface area contributed by atoms with Gasteiger partial charge in [0.15, 0.2) is 0 Å². The van der Waals surface area contributed by atoms with E-state index >= 15 is 0 Å². The van der Waals surface area contributed by atoms with Gasteiger partial charge in [-0.1, -0.05) is 12.1 Å². The fourth-order valence-electron chi connectivity index (χ4n) is 1.57. The highest BCUT2D eigenvalue weighted by Gasteiger charge is 2.17. The summed E-state index contributed by atoms with van der Waals surface area (Å²) in [4.78, 5) is 15.0. The molecule has 0 aliphatic heterocycles. The summed E-state index contributed by atoms with van der Waals surface area (Å²) in [6, 6.07) is 5.70. The van der Waals surface area contributed by atoms with Crippen molar-refractivity contribution in [1.29, 1.82) is 0 Å². The summed E-state index contributed by atoms with van der Waals surface area (Å²) >= 11 is 0. The molecule has 0 radical (unpaired) electrons. The number of aliphatic carboxylic acids is 1. The van der Waals surface area contributed by atoms with Crippen LogP contribution < -0.4 is 5.43 Å². The van der Waals surface area contributed by atoms with Crippen LogP contribution in [0.2, 0.25) is 0 Å². The Morgan fingerprint density at radius 2 is 2.11 bits per heavy atom. The van der Waals surface area contributed by atoms with Gasteiger partial charge in [-0.05, 0) is 17.7 Å². The van der Waals surface area contributed by atoms with Gasteiger partial charge in [0.1, 0.15) is 18.1 Å². The van der Waals surface area contributed by atoms with Crippen LogP contribution in [0.25, 0.3) is 0 Å². The van der Waals surface area contributed by atoms with Crippen LogP contribution in [-0.4, -0.2) is 31.9 Å². The average molecular weight is 247 g/mol. The summed E-state index contributed by atoms with van der Waals surface area (Å²) in [6.07, 6.45) is 5.00. The lowest BCUT2D eigenvalue weighted by Gasteiger charge is -2.16. The highest BCUT2D eigenvalue weighted by Crippen LogP contribution is 2.11. The first-order valence-corrected chi connectivity index (χ1v) is 5.40. The fraction of sp³-hybridized carbons (Fsp3) is 0.167. The zero-order chi connectivity index (χ0) is 13.0. The summed E-state index contributed by atoms with van der Waals surface area (Å²) in [5.41, 5.74) is 3.64. The Hall–Kier alpha value is -2.50. The second-order valence-electron chi connectivity index (χ2n) is 3.86. The summed E-state index contributed by atoms with van der Waals surface area (Å²) in [6.45, 7) is 0. The third kappa shape index (κ3) is 3.00. The Morgan fingerprint density at radius 1 is 1.39 bits per heavy atom. The minimum atomic E-state index is -0.947. The molecule has 1 aromatic heterocycles. The number of nitrogens with zero attached hydrogens (tertiary/aromatic N) is 2. The predicted molar refractivity (Wildman–Crippen MR) is 64.8 cm³/mol. The summed E-state index contributed by atoms with van der Waals surface area (Å²) in [7, 11) is 0. The van der Waals surface area contributed by atoms with Gasteiger partial charge >= 0.3 is 5.97 Å². The normalized spacial score (nSPS) is 12.0. The molecule has 0 aliphatic carbocycles. The molecule has 0 saturated heterocycles. The third-order valence-corrected chi connectivity index (χ3v) is 2.48. The van der Waals surface area contributed by atoms with Crippen molar-refractivity contribution in [3.8, 4) is 5.75 Å². The number of rotatable bonds is 5. The number of phenols is 1. The van der Waals surface area contributed by atoms with Crippen LogP contribution in [0.15, 0.2) is 43.0 Å². The molecule has 0 fully saturated rings. The SMILES string of the molecule is O=C(O)C(Cc1ccc(O)cc1)Nn1ccnc1. The highest BCUT2D eigenvalue weighted by molar-refractivity contribution is 5.75. The van der Waals surface area contributed by atoms with Crippen molar-refractivity contribution >= 4 is 5.97 Å². The van der Waals surface area contributed by atoms with Crippen molar-refractivity contribution in [3.63, 3.8) is 0 Å². The maximum Gasteiger partial charge on any atom is 0.328 e. The van der Waals surface area contributed by atoms with Gasteiger partial charge in [-0.15, -0.1) is 0 Å². The predicted octanol–water partition coefficient (Wildman–Crippen LogP) is 0.828. The summed E-state index contributed by atoms with van der Waals surface area (Å²) in [5.74, 6) is -0.787. The molecule has 6 nitrogen and oxygen atoms in total. The average Bonchev–Trinajstić information content (AvgIpc) is 2.84. The fourth-order valence-corrected chi connectivity index (χ4v) is 1.57. The van der Waals surface area contributed by atoms with Crippen LogP contribution in [0.3, 0.4) is 0 Å². The molecule has 2 rings (SSSR count). The lowest BCUT2D eigenvalue weighted by molar-refractivity contribution is -0.138. The Balaban J connectivity index is 2.06. The number of carboxylic acids is 1. The third-order valence-electron chi connectivity index (χ3n) is 2.48. The van der Waals surface area contributed by atoms with Crippen molar-refractivity contribution in [1.82, 2.24) is 9.66 Å². The first kappa shape index (κ1) is 12.0. The van der Waals surface area contributed by atoms with Crippen LogP contribution in [0.5, 0.6) is 5.75 Å². The number of carboxylic acid groups (broad SMARTS) is 1. The first-order valence-electron chi connectivity index (χ1n) is 5.40. The van der Waals surface area contributed by atoms with E-state index in [0.717, 1.165) is 5.56 Å². The molecule has 1 aromatic carbocycles. The monoisotopic (exact) mass is 247 g/mol. The van der Waals surface area contributed by atoms with E-state index in [0.29, 0.717) is 6.42 Å². The maximum absolute atomic E-state index is 11.2. The lowest BCUT2D eigenvalue weighted by atomic mass is 10.1. The summed E-state index contributed by atoms with van der Waals surface area (Å²) < 4.78 is 1.50. The van der Waals surface area contributed by atoms with Crippen molar-refractivity contribution in [3.05, 3.63) is 48.5 Å². The number of aromatic nitrogens is 2. The number of phenolic OH excluding ortho intramolecular Hbond substituents is 1. The van der Waals surface area contributed by atoms with E-state index in [1.54, 1.807) is 24.5 Å². The quantitative estimate of drug-likeness (QED) is 0.728. The molecule has 0 spiro atoms. The van der Waals surface area contributed by atoms with E-state index in [1.807, 2.05) is 0 Å². The van der Waals surface area contributed by atoms with Crippen molar-refractivity contribution < 1.29 is 15.0 Å². The van der Waals surface area contributed by atoms with Gasteiger partial charge in [0, 0.05) is 18.8 Å². The molecule has 0 saturated carbocycles. The molecule has 18 heavy (non-hydrogen) atoms. The molecule has 0 amide bonds. The molecule has 2 aromatic rings. The van der Waals surface area contributed by atoms with Gasteiger partial charge in [-0.3, -0.25) is 4.68 Å². The topological polar surface area (TPSA) is 87.4 Å². The van der Waals surface area contributed by atoms with Crippen molar-refractivity contribution in [2.24, 2.45) is 0 Å². The summed E-state index contributed by atoms with van der Waals surface area (Å²) in [5, 5.41) is 18.3. The van der Waals surface area contributed by atoms with Gasteiger partial charge in [0.25, 0.3) is 0 Å². The number of hydrogen-bond donors (Lipinski definition) is 3. The molecular formula is C12H13N3O3. The van der Waals surface area contributed by atoms with Crippen LogP contribution in [0, 0.1) is 0 Å². The number of hydrogen-bond acceptors (Lipinski definition) is 4. The minimum absolute atomic E-state index is 0.160. The van der Waals surface area contributed by atoms with Gasteiger partial charge < -0.3 is 15.6 Å². The lowest BCUT2D eigenvalue weighted by Crippen LogP contribution is -2.36. The van der Waals surface area contributed by atoms with E-state index in [2.05, 4.69) is 10.4 Å². The van der Waals surface area contributed by atoms with E-state index in [1.165, 1.54) is 23.1 Å². The number of aromatic hydroxyl groups is 1. The molecule has 0 aliphatic rings. The molecular weight excluding hydrogens is 234 g/mol. The smallest absolute Gasteiger partial charge is 0.328 e. The van der Waals surface area contributed by atoms with Gasteiger partial charge in [-0.25, -0.2) is 9.78 Å². The van der Waals surface area contributed by atoms with Crippen LogP contribution in [0.1, 0.15) is 5.56 Å². The standard InChI is InChI=1S/C12H13N3O3/c16-10-3-1-9(2-4-10)7-11(12(17)18)14-15-6-5-13-8-15/h1-6,8,11,14,16H,7H2,(H,17,18). The Bertz CT molecular complexity index is 508. The van der Waals surface area contributed by atoms with Gasteiger partial charge in [-0.2, -0.15) is 0 Å². The molecule has 6 heteroatoms. The Morgan fingerprint density at radius 3 is 2.67 bits per heavy atom. The zero-order valence-electron chi connectivity index (χ0n) is 9.52. The van der Waals surface area contributed by atoms with Gasteiger partial charge in [0.2, 0.25) is 0 Å². The van der Waals surface area contributed by atoms with E-state index in [9.17, 15) is 4.79 Å². The second-order valence-corrected chi connectivity index (χ2v) is 3.86. The molecule has 1 unspecified atom stereocenters. The zero-order valence-corrected chi connectivity index (χ0v) is 9.52. The Labute approximate surface area is 103 Å². The largest absolute Gasteiger partial charge is 0.508 e. The molecule has 1 heterocycles. The van der Waals surface area contributed by atoms with E-state index in [-0.39, 0.29) is 5.75 Å². The molecule has 3 N–H and O–H groups in total. The highest BCUT2D eigenvalue weighted by atomic mass is 16.4. The maximum atomic E-state index is 11.2. The number of carbonyl (C=O) groups is 1. The second kappa shape index (κ2) is 5.22. The molecule has 0 bridgehead atoms. The van der Waals surface area contributed by atoms with Crippen LogP contribution in [0.4, 0.5) is 0 Å².